The third kappa shape index (κ3) is 4.40. The molecule has 2 aromatic carbocycles. The molecule has 1 aliphatic heterocycles. The minimum Gasteiger partial charge on any atom is -0.480 e. The van der Waals surface area contributed by atoms with E-state index in [9.17, 15) is 14.4 Å². The molecule has 9 heteroatoms. The quantitative estimate of drug-likeness (QED) is 0.566. The number of halogens is 1. The average molecular weight is 454 g/mol. The largest absolute Gasteiger partial charge is 0.480 e. The van der Waals surface area contributed by atoms with Gasteiger partial charge in [0.1, 0.15) is 6.54 Å². The van der Waals surface area contributed by atoms with Gasteiger partial charge in [-0.25, -0.2) is 4.68 Å². The van der Waals surface area contributed by atoms with Crippen molar-refractivity contribution >= 4 is 46.6 Å². The number of benzene rings is 2. The first-order valence-electron chi connectivity index (χ1n) is 9.21. The number of aromatic nitrogens is 2. The molecular formula is C22H16ClN3O4S. The molecule has 1 aromatic heterocycles. The topological polar surface area (TPSA) is 92.5 Å². The van der Waals surface area contributed by atoms with E-state index < -0.39 is 23.7 Å². The number of thioether (sulfide) groups is 1. The number of carbonyl (C=O) groups excluding carboxylic acids is 2. The SMILES string of the molecule is Cc1ccc(-c2nn(-c3ccc(Cl)cc3)cc2/C=C2\SC(=O)N(CC(=O)O)C2=O)cc1. The molecule has 0 spiro atoms. The maximum atomic E-state index is 12.6. The van der Waals surface area contributed by atoms with Crippen LogP contribution in [0.5, 0.6) is 0 Å². The highest BCUT2D eigenvalue weighted by Gasteiger charge is 2.36. The highest BCUT2D eigenvalue weighted by molar-refractivity contribution is 8.18. The molecule has 0 unspecified atom stereocenters. The summed E-state index contributed by atoms with van der Waals surface area (Å²) in [5, 5.41) is 13.6. The molecule has 0 radical (unpaired) electrons. The van der Waals surface area contributed by atoms with E-state index in [0.29, 0.717) is 32.9 Å². The third-order valence-electron chi connectivity index (χ3n) is 4.61. The fraction of sp³-hybridized carbons (Fsp3) is 0.0909. The molecule has 2 heterocycles. The van der Waals surface area contributed by atoms with Crippen LogP contribution in [-0.4, -0.2) is 43.4 Å². The van der Waals surface area contributed by atoms with Crippen LogP contribution in [0.2, 0.25) is 5.02 Å². The van der Waals surface area contributed by atoms with Gasteiger partial charge in [-0.2, -0.15) is 5.10 Å². The summed E-state index contributed by atoms with van der Waals surface area (Å²) < 4.78 is 1.67. The van der Waals surface area contributed by atoms with Crippen LogP contribution in [0.4, 0.5) is 4.79 Å². The zero-order valence-corrected chi connectivity index (χ0v) is 17.9. The van der Waals surface area contributed by atoms with Gasteiger partial charge >= 0.3 is 5.97 Å². The van der Waals surface area contributed by atoms with E-state index in [4.69, 9.17) is 16.7 Å². The summed E-state index contributed by atoms with van der Waals surface area (Å²) in [7, 11) is 0. The molecule has 0 aliphatic carbocycles. The molecule has 1 fully saturated rings. The van der Waals surface area contributed by atoms with E-state index in [1.807, 2.05) is 43.3 Å². The van der Waals surface area contributed by atoms with Gasteiger partial charge < -0.3 is 5.11 Å². The van der Waals surface area contributed by atoms with Crippen molar-refractivity contribution in [3.8, 4) is 16.9 Å². The Morgan fingerprint density at radius 3 is 2.45 bits per heavy atom. The molecular weight excluding hydrogens is 438 g/mol. The van der Waals surface area contributed by atoms with Crippen LogP contribution in [0.1, 0.15) is 11.1 Å². The van der Waals surface area contributed by atoms with Crippen molar-refractivity contribution in [2.24, 2.45) is 0 Å². The number of aryl methyl sites for hydroxylation is 1. The van der Waals surface area contributed by atoms with Crippen molar-refractivity contribution in [1.29, 1.82) is 0 Å². The molecule has 1 N–H and O–H groups in total. The third-order valence-corrected chi connectivity index (χ3v) is 5.77. The van der Waals surface area contributed by atoms with Crippen molar-refractivity contribution in [2.45, 2.75) is 6.92 Å². The lowest BCUT2D eigenvalue weighted by Crippen LogP contribution is -2.33. The lowest BCUT2D eigenvalue weighted by atomic mass is 10.1. The number of nitrogens with zero attached hydrogens (tertiary/aromatic N) is 3. The predicted molar refractivity (Wildman–Crippen MR) is 119 cm³/mol. The first-order chi connectivity index (χ1) is 14.8. The maximum absolute atomic E-state index is 12.6. The van der Waals surface area contributed by atoms with Crippen LogP contribution in [0.25, 0.3) is 23.0 Å². The average Bonchev–Trinajstić information content (AvgIpc) is 3.26. The van der Waals surface area contributed by atoms with Crippen molar-refractivity contribution in [3.63, 3.8) is 0 Å². The van der Waals surface area contributed by atoms with E-state index in [1.54, 1.807) is 29.1 Å². The Morgan fingerprint density at radius 2 is 1.81 bits per heavy atom. The van der Waals surface area contributed by atoms with Gasteiger partial charge in [0.25, 0.3) is 11.1 Å². The van der Waals surface area contributed by atoms with Crippen molar-refractivity contribution in [1.82, 2.24) is 14.7 Å². The highest BCUT2D eigenvalue weighted by Crippen LogP contribution is 2.34. The second-order valence-electron chi connectivity index (χ2n) is 6.88. The minimum atomic E-state index is -1.25. The Kier molecular flexibility index (Phi) is 5.67. The normalized spacial score (nSPS) is 15.2. The van der Waals surface area contributed by atoms with E-state index in [1.165, 1.54) is 0 Å². The van der Waals surface area contributed by atoms with Gasteiger partial charge in [-0.05, 0) is 49.0 Å². The maximum Gasteiger partial charge on any atom is 0.323 e. The second-order valence-corrected chi connectivity index (χ2v) is 8.31. The van der Waals surface area contributed by atoms with Crippen LogP contribution < -0.4 is 0 Å². The lowest BCUT2D eigenvalue weighted by Gasteiger charge is -2.07. The molecule has 1 saturated heterocycles. The Hall–Kier alpha value is -3.36. The Morgan fingerprint density at radius 1 is 1.13 bits per heavy atom. The zero-order valence-electron chi connectivity index (χ0n) is 16.3. The number of rotatable bonds is 5. The molecule has 0 atom stereocenters. The summed E-state index contributed by atoms with van der Waals surface area (Å²) in [6.45, 7) is 1.31. The Balaban J connectivity index is 1.79. The van der Waals surface area contributed by atoms with Gasteiger partial charge in [0.2, 0.25) is 0 Å². The van der Waals surface area contributed by atoms with Gasteiger partial charge in [-0.1, -0.05) is 41.4 Å². The van der Waals surface area contributed by atoms with Crippen molar-refractivity contribution in [2.75, 3.05) is 6.54 Å². The van der Waals surface area contributed by atoms with Crippen LogP contribution in [0.15, 0.2) is 59.6 Å². The predicted octanol–water partition coefficient (Wildman–Crippen LogP) is 4.62. The number of hydrogen-bond donors (Lipinski definition) is 1. The molecule has 0 saturated carbocycles. The van der Waals surface area contributed by atoms with E-state index in [0.717, 1.165) is 16.8 Å². The zero-order chi connectivity index (χ0) is 22.1. The highest BCUT2D eigenvalue weighted by atomic mass is 35.5. The lowest BCUT2D eigenvalue weighted by molar-refractivity contribution is -0.140. The number of amides is 2. The Labute approximate surface area is 186 Å². The molecule has 4 rings (SSSR count). The van der Waals surface area contributed by atoms with Gasteiger partial charge in [0.05, 0.1) is 16.3 Å². The standard InChI is InChI=1S/C22H16ClN3O4S/c1-13-2-4-14(5-3-13)20-15(11-26(24-20)17-8-6-16(23)7-9-17)10-18-21(29)25(12-19(27)28)22(30)31-18/h2-11H,12H2,1H3,(H,27,28)/b18-10-. The summed E-state index contributed by atoms with van der Waals surface area (Å²) in [5.41, 5.74) is 3.96. The summed E-state index contributed by atoms with van der Waals surface area (Å²) in [6, 6.07) is 14.9. The van der Waals surface area contributed by atoms with Crippen molar-refractivity contribution in [3.05, 3.63) is 75.8 Å². The van der Waals surface area contributed by atoms with Gasteiger partial charge in [-0.15, -0.1) is 0 Å². The number of hydrogen-bond acceptors (Lipinski definition) is 5. The van der Waals surface area contributed by atoms with Crippen LogP contribution in [0.3, 0.4) is 0 Å². The van der Waals surface area contributed by atoms with Crippen LogP contribution in [-0.2, 0) is 9.59 Å². The molecule has 31 heavy (non-hydrogen) atoms. The van der Waals surface area contributed by atoms with Crippen molar-refractivity contribution < 1.29 is 19.5 Å². The van der Waals surface area contributed by atoms with E-state index >= 15 is 0 Å². The molecule has 1 aliphatic rings. The van der Waals surface area contributed by atoms with Gasteiger partial charge in [-0.3, -0.25) is 19.3 Å². The number of aliphatic carboxylic acids is 1. The minimum absolute atomic E-state index is 0.148. The fourth-order valence-corrected chi connectivity index (χ4v) is 4.02. The fourth-order valence-electron chi connectivity index (χ4n) is 3.07. The first-order valence-corrected chi connectivity index (χ1v) is 10.4. The molecule has 3 aromatic rings. The number of carboxylic acids is 1. The van der Waals surface area contributed by atoms with Gasteiger partial charge in [0, 0.05) is 22.3 Å². The summed E-state index contributed by atoms with van der Waals surface area (Å²) in [4.78, 5) is 36.5. The molecule has 7 nitrogen and oxygen atoms in total. The number of imide groups is 1. The van der Waals surface area contributed by atoms with Gasteiger partial charge in [0.15, 0.2) is 0 Å². The van der Waals surface area contributed by atoms with E-state index in [-0.39, 0.29) is 4.91 Å². The molecule has 156 valence electrons. The monoisotopic (exact) mass is 453 g/mol. The summed E-state index contributed by atoms with van der Waals surface area (Å²) in [5.74, 6) is -1.88. The summed E-state index contributed by atoms with van der Waals surface area (Å²) in [6.07, 6.45) is 3.32. The Bertz CT molecular complexity index is 1220. The smallest absolute Gasteiger partial charge is 0.323 e. The molecule has 0 bridgehead atoms. The van der Waals surface area contributed by atoms with E-state index in [2.05, 4.69) is 5.10 Å². The van der Waals surface area contributed by atoms with Crippen LogP contribution in [0, 0.1) is 6.92 Å². The number of carbonyl (C=O) groups is 3. The van der Waals surface area contributed by atoms with Crippen LogP contribution >= 0.6 is 23.4 Å². The first kappa shape index (κ1) is 20.9. The number of carboxylic acid groups (broad SMARTS) is 1. The second kappa shape index (κ2) is 8.41. The summed E-state index contributed by atoms with van der Waals surface area (Å²) >= 11 is 6.69. The molecule has 2 amide bonds.